The predicted molar refractivity (Wildman–Crippen MR) is 103 cm³/mol. The van der Waals surface area contributed by atoms with E-state index < -0.39 is 15.6 Å². The van der Waals surface area contributed by atoms with E-state index >= 15 is 0 Å². The Morgan fingerprint density at radius 2 is 1.48 bits per heavy atom. The summed E-state index contributed by atoms with van der Waals surface area (Å²) in [6, 6.07) is 15.4. The summed E-state index contributed by atoms with van der Waals surface area (Å²) in [5.74, 6) is -0.532. The molecule has 27 heavy (non-hydrogen) atoms. The number of sulfonamides is 1. The van der Waals surface area contributed by atoms with Crippen molar-refractivity contribution in [3.8, 4) is 0 Å². The van der Waals surface area contributed by atoms with Crippen LogP contribution in [0.2, 0.25) is 0 Å². The Morgan fingerprint density at radius 3 is 2.04 bits per heavy atom. The van der Waals surface area contributed by atoms with Gasteiger partial charge < -0.3 is 0 Å². The van der Waals surface area contributed by atoms with Gasteiger partial charge in [-0.15, -0.1) is 0 Å². The molecule has 0 atom stereocenters. The zero-order chi connectivity index (χ0) is 19.7. The second-order valence-electron chi connectivity index (χ2n) is 7.27. The van der Waals surface area contributed by atoms with Gasteiger partial charge in [0.05, 0.1) is 10.6 Å². The molecule has 6 nitrogen and oxygen atoms in total. The van der Waals surface area contributed by atoms with Crippen molar-refractivity contribution in [3.05, 3.63) is 60.2 Å². The van der Waals surface area contributed by atoms with Crippen molar-refractivity contribution in [1.82, 2.24) is 4.72 Å². The molecule has 0 unspecified atom stereocenters. The molecule has 1 saturated heterocycles. The number of hydrogen-bond acceptors (Lipinski definition) is 4. The first-order valence-corrected chi connectivity index (χ1v) is 10.2. The minimum absolute atomic E-state index is 0.0893. The summed E-state index contributed by atoms with van der Waals surface area (Å²) in [7, 11) is -3.74. The first-order chi connectivity index (χ1) is 12.7. The lowest BCUT2D eigenvalue weighted by Gasteiger charge is -2.26. The van der Waals surface area contributed by atoms with Gasteiger partial charge in [0.2, 0.25) is 21.8 Å². The van der Waals surface area contributed by atoms with E-state index in [1.54, 1.807) is 0 Å². The minimum atomic E-state index is -3.74. The Morgan fingerprint density at radius 1 is 0.926 bits per heavy atom. The SMILES string of the molecule is CC(C)(Cc1ccccc1)NS(=O)(=O)c1ccc(N2C(=O)CCC2=O)cc1. The Hall–Kier alpha value is -2.51. The molecule has 3 rings (SSSR count). The summed E-state index contributed by atoms with van der Waals surface area (Å²) in [5, 5.41) is 0. The molecule has 1 fully saturated rings. The smallest absolute Gasteiger partial charge is 0.241 e. The number of benzene rings is 2. The maximum Gasteiger partial charge on any atom is 0.241 e. The van der Waals surface area contributed by atoms with Gasteiger partial charge >= 0.3 is 0 Å². The Kier molecular flexibility index (Phi) is 5.17. The maximum atomic E-state index is 12.7. The highest BCUT2D eigenvalue weighted by Gasteiger charge is 2.31. The second kappa shape index (κ2) is 7.25. The third kappa shape index (κ3) is 4.43. The lowest BCUT2D eigenvalue weighted by atomic mass is 9.96. The fraction of sp³-hybridized carbons (Fsp3) is 0.300. The number of nitrogens with one attached hydrogen (secondary N) is 1. The van der Waals surface area contributed by atoms with Gasteiger partial charge in [-0.3, -0.25) is 14.5 Å². The predicted octanol–water partition coefficient (Wildman–Crippen LogP) is 2.64. The van der Waals surface area contributed by atoms with Crippen molar-refractivity contribution in [2.75, 3.05) is 4.90 Å². The molecule has 0 aromatic heterocycles. The highest BCUT2D eigenvalue weighted by molar-refractivity contribution is 7.89. The summed E-state index contributed by atoms with van der Waals surface area (Å²) in [6.45, 7) is 3.65. The highest BCUT2D eigenvalue weighted by atomic mass is 32.2. The third-order valence-corrected chi connectivity index (χ3v) is 6.07. The van der Waals surface area contributed by atoms with Crippen molar-refractivity contribution in [3.63, 3.8) is 0 Å². The van der Waals surface area contributed by atoms with Crippen LogP contribution in [0.25, 0.3) is 0 Å². The third-order valence-electron chi connectivity index (χ3n) is 4.36. The van der Waals surface area contributed by atoms with Crippen LogP contribution in [0.4, 0.5) is 5.69 Å². The molecule has 2 amide bonds. The van der Waals surface area contributed by atoms with E-state index in [-0.39, 0.29) is 29.6 Å². The quantitative estimate of drug-likeness (QED) is 0.774. The van der Waals surface area contributed by atoms with Crippen LogP contribution in [0.3, 0.4) is 0 Å². The standard InChI is InChI=1S/C20H22N2O4S/c1-20(2,14-15-6-4-3-5-7-15)21-27(25,26)17-10-8-16(9-11-17)22-18(23)12-13-19(22)24/h3-11,21H,12-14H2,1-2H3. The van der Waals surface area contributed by atoms with Gasteiger partial charge in [-0.25, -0.2) is 13.1 Å². The molecule has 7 heteroatoms. The zero-order valence-electron chi connectivity index (χ0n) is 15.3. The molecule has 0 aliphatic carbocycles. The van der Waals surface area contributed by atoms with E-state index in [1.165, 1.54) is 24.3 Å². The van der Waals surface area contributed by atoms with Gasteiger partial charge in [-0.1, -0.05) is 30.3 Å². The number of hydrogen-bond donors (Lipinski definition) is 1. The molecular formula is C20H22N2O4S. The topological polar surface area (TPSA) is 83.6 Å². The first-order valence-electron chi connectivity index (χ1n) is 8.72. The Balaban J connectivity index is 1.76. The van der Waals surface area contributed by atoms with Crippen molar-refractivity contribution in [2.45, 2.75) is 43.5 Å². The zero-order valence-corrected chi connectivity index (χ0v) is 16.1. The number of carbonyl (C=O) groups is 2. The largest absolute Gasteiger partial charge is 0.274 e. The van der Waals surface area contributed by atoms with E-state index in [2.05, 4.69) is 4.72 Å². The number of nitrogens with zero attached hydrogens (tertiary/aromatic N) is 1. The van der Waals surface area contributed by atoms with Gasteiger partial charge in [0.25, 0.3) is 0 Å². The number of imide groups is 1. The second-order valence-corrected chi connectivity index (χ2v) is 8.95. The van der Waals surface area contributed by atoms with E-state index in [1.807, 2.05) is 44.2 Å². The number of anilines is 1. The summed E-state index contributed by atoms with van der Waals surface area (Å²) in [6.07, 6.45) is 0.921. The molecule has 2 aromatic rings. The maximum absolute atomic E-state index is 12.7. The molecule has 0 spiro atoms. The average Bonchev–Trinajstić information content (AvgIpc) is 2.93. The van der Waals surface area contributed by atoms with Crippen LogP contribution in [-0.4, -0.2) is 25.8 Å². The molecule has 142 valence electrons. The Bertz CT molecular complexity index is 935. The molecule has 1 heterocycles. The van der Waals surface area contributed by atoms with Gasteiger partial charge in [0.1, 0.15) is 0 Å². The van der Waals surface area contributed by atoms with Crippen molar-refractivity contribution < 1.29 is 18.0 Å². The lowest BCUT2D eigenvalue weighted by molar-refractivity contribution is -0.121. The average molecular weight is 386 g/mol. The van der Waals surface area contributed by atoms with Crippen LogP contribution in [-0.2, 0) is 26.0 Å². The fourth-order valence-corrected chi connectivity index (χ4v) is 4.62. The molecule has 2 aromatic carbocycles. The lowest BCUT2D eigenvalue weighted by Crippen LogP contribution is -2.45. The summed E-state index contributed by atoms with van der Waals surface area (Å²) in [5.41, 5.74) is 0.747. The normalized spacial score (nSPS) is 15.4. The monoisotopic (exact) mass is 386 g/mol. The summed E-state index contributed by atoms with van der Waals surface area (Å²) in [4.78, 5) is 24.8. The van der Waals surface area contributed by atoms with Gasteiger partial charge in [-0.2, -0.15) is 0 Å². The fourth-order valence-electron chi connectivity index (χ4n) is 3.20. The highest BCUT2D eigenvalue weighted by Crippen LogP contribution is 2.25. The van der Waals surface area contributed by atoms with Crippen molar-refractivity contribution >= 4 is 27.5 Å². The molecule has 1 N–H and O–H groups in total. The van der Waals surface area contributed by atoms with E-state index in [0.717, 1.165) is 10.5 Å². The number of rotatable bonds is 6. The molecular weight excluding hydrogens is 364 g/mol. The molecule has 0 bridgehead atoms. The van der Waals surface area contributed by atoms with Gasteiger partial charge in [-0.05, 0) is 50.1 Å². The van der Waals surface area contributed by atoms with E-state index in [9.17, 15) is 18.0 Å². The van der Waals surface area contributed by atoms with Crippen LogP contribution in [0.15, 0.2) is 59.5 Å². The molecule has 1 aliphatic heterocycles. The molecule has 0 radical (unpaired) electrons. The van der Waals surface area contributed by atoms with E-state index in [0.29, 0.717) is 12.1 Å². The van der Waals surface area contributed by atoms with Crippen LogP contribution in [0.5, 0.6) is 0 Å². The van der Waals surface area contributed by atoms with E-state index in [4.69, 9.17) is 0 Å². The van der Waals surface area contributed by atoms with Crippen molar-refractivity contribution in [2.24, 2.45) is 0 Å². The number of carbonyl (C=O) groups excluding carboxylic acids is 2. The van der Waals surface area contributed by atoms with Gasteiger partial charge in [0, 0.05) is 18.4 Å². The Labute approximate surface area is 159 Å². The van der Waals surface area contributed by atoms with Crippen LogP contribution in [0, 0.1) is 0 Å². The minimum Gasteiger partial charge on any atom is -0.274 e. The summed E-state index contributed by atoms with van der Waals surface area (Å²) < 4.78 is 28.2. The van der Waals surface area contributed by atoms with Crippen LogP contribution >= 0.6 is 0 Å². The molecule has 0 saturated carbocycles. The first kappa shape index (κ1) is 19.3. The summed E-state index contributed by atoms with van der Waals surface area (Å²) >= 11 is 0. The van der Waals surface area contributed by atoms with Crippen LogP contribution < -0.4 is 9.62 Å². The van der Waals surface area contributed by atoms with Gasteiger partial charge in [0.15, 0.2) is 0 Å². The van der Waals surface area contributed by atoms with Crippen LogP contribution in [0.1, 0.15) is 32.3 Å². The van der Waals surface area contributed by atoms with Crippen molar-refractivity contribution in [1.29, 1.82) is 0 Å². The number of amides is 2. The molecule has 1 aliphatic rings.